The molecule has 1 N–H and O–H groups in total. The fourth-order valence-electron chi connectivity index (χ4n) is 1.41. The number of ether oxygens (including phenoxy) is 2. The van der Waals surface area contributed by atoms with Gasteiger partial charge in [0.25, 0.3) is 0 Å². The summed E-state index contributed by atoms with van der Waals surface area (Å²) < 4.78 is 10.9. The Kier molecular flexibility index (Phi) is 3.30. The molecule has 1 aliphatic heterocycles. The van der Waals surface area contributed by atoms with E-state index in [0.717, 1.165) is 32.5 Å². The minimum atomic E-state index is -0.340. The topological polar surface area (TPSA) is 30.5 Å². The zero-order valence-electron chi connectivity index (χ0n) is 7.35. The summed E-state index contributed by atoms with van der Waals surface area (Å²) in [5.41, 5.74) is 0. The number of methoxy groups -OCH3 is 1. The van der Waals surface area contributed by atoms with E-state index in [9.17, 15) is 0 Å². The van der Waals surface area contributed by atoms with E-state index >= 15 is 0 Å². The van der Waals surface area contributed by atoms with E-state index in [0.29, 0.717) is 0 Å². The van der Waals surface area contributed by atoms with Crippen LogP contribution in [0.2, 0.25) is 0 Å². The molecule has 3 nitrogen and oxygen atoms in total. The molecule has 0 bridgehead atoms. The van der Waals surface area contributed by atoms with Crippen LogP contribution in [0.25, 0.3) is 0 Å². The van der Waals surface area contributed by atoms with Crippen molar-refractivity contribution < 1.29 is 9.47 Å². The molecular weight excluding hydrogens is 142 g/mol. The summed E-state index contributed by atoms with van der Waals surface area (Å²) in [4.78, 5) is 0. The minimum Gasteiger partial charge on any atom is -0.352 e. The van der Waals surface area contributed by atoms with Crippen molar-refractivity contribution in [3.63, 3.8) is 0 Å². The average molecular weight is 159 g/mol. The maximum absolute atomic E-state index is 5.57. The van der Waals surface area contributed by atoms with Gasteiger partial charge in [0, 0.05) is 26.6 Å². The largest absolute Gasteiger partial charge is 0.352 e. The fraction of sp³-hybridized carbons (Fsp3) is 1.00. The van der Waals surface area contributed by atoms with Crippen molar-refractivity contribution in [2.24, 2.45) is 0 Å². The highest BCUT2D eigenvalue weighted by molar-refractivity contribution is 4.75. The van der Waals surface area contributed by atoms with E-state index in [1.54, 1.807) is 7.11 Å². The molecular formula is C8H17NO2. The number of rotatable bonds is 3. The van der Waals surface area contributed by atoms with Crippen LogP contribution >= 0.6 is 0 Å². The molecule has 0 spiro atoms. The van der Waals surface area contributed by atoms with E-state index in [1.165, 1.54) is 0 Å². The first-order valence-electron chi connectivity index (χ1n) is 4.23. The van der Waals surface area contributed by atoms with Crippen LogP contribution in [-0.4, -0.2) is 32.6 Å². The zero-order chi connectivity index (χ0) is 8.16. The van der Waals surface area contributed by atoms with Gasteiger partial charge in [-0.05, 0) is 0 Å². The normalized spacial score (nSPS) is 32.2. The van der Waals surface area contributed by atoms with Gasteiger partial charge >= 0.3 is 0 Å². The molecule has 1 unspecified atom stereocenters. The SMILES string of the molecule is CCCC1(OC)CNCCO1. The molecule has 11 heavy (non-hydrogen) atoms. The molecule has 0 aromatic rings. The minimum absolute atomic E-state index is 0.340. The van der Waals surface area contributed by atoms with Crippen molar-refractivity contribution in [3.8, 4) is 0 Å². The Hall–Kier alpha value is -0.120. The molecule has 0 saturated carbocycles. The van der Waals surface area contributed by atoms with Gasteiger partial charge in [-0.1, -0.05) is 13.3 Å². The highest BCUT2D eigenvalue weighted by atomic mass is 16.7. The summed E-state index contributed by atoms with van der Waals surface area (Å²) in [6, 6.07) is 0. The predicted octanol–water partition coefficient (Wildman–Crippen LogP) is 0.749. The van der Waals surface area contributed by atoms with Crippen LogP contribution < -0.4 is 5.32 Å². The van der Waals surface area contributed by atoms with Crippen LogP contribution in [-0.2, 0) is 9.47 Å². The summed E-state index contributed by atoms with van der Waals surface area (Å²) in [6.45, 7) is 4.65. The summed E-state index contributed by atoms with van der Waals surface area (Å²) in [7, 11) is 1.71. The summed E-state index contributed by atoms with van der Waals surface area (Å²) in [6.07, 6.45) is 2.06. The Morgan fingerprint density at radius 1 is 1.64 bits per heavy atom. The molecule has 1 fully saturated rings. The highest BCUT2D eigenvalue weighted by Gasteiger charge is 2.31. The Labute approximate surface area is 68.1 Å². The molecule has 0 aliphatic carbocycles. The van der Waals surface area contributed by atoms with Crippen LogP contribution in [0.4, 0.5) is 0 Å². The van der Waals surface area contributed by atoms with Gasteiger partial charge in [-0.15, -0.1) is 0 Å². The quantitative estimate of drug-likeness (QED) is 0.659. The third-order valence-corrected chi connectivity index (χ3v) is 2.04. The number of hydrogen-bond donors (Lipinski definition) is 1. The molecule has 0 amide bonds. The van der Waals surface area contributed by atoms with Gasteiger partial charge in [-0.2, -0.15) is 0 Å². The monoisotopic (exact) mass is 159 g/mol. The van der Waals surface area contributed by atoms with E-state index < -0.39 is 0 Å². The summed E-state index contributed by atoms with van der Waals surface area (Å²) in [5, 5.41) is 3.26. The lowest BCUT2D eigenvalue weighted by molar-refractivity contribution is -0.235. The Bertz CT molecular complexity index is 105. The molecule has 1 aliphatic rings. The van der Waals surface area contributed by atoms with Crippen LogP contribution in [0.15, 0.2) is 0 Å². The standard InChI is InChI=1S/C8H17NO2/c1-3-4-8(10-2)7-9-5-6-11-8/h9H,3-7H2,1-2H3. The Morgan fingerprint density at radius 3 is 2.91 bits per heavy atom. The second-order valence-electron chi connectivity index (χ2n) is 2.89. The zero-order valence-corrected chi connectivity index (χ0v) is 7.35. The summed E-state index contributed by atoms with van der Waals surface area (Å²) >= 11 is 0. The molecule has 66 valence electrons. The highest BCUT2D eigenvalue weighted by Crippen LogP contribution is 2.19. The van der Waals surface area contributed by atoms with E-state index in [1.807, 2.05) is 0 Å². The van der Waals surface area contributed by atoms with E-state index in [4.69, 9.17) is 9.47 Å². The number of morpholine rings is 1. The molecule has 3 heteroatoms. The van der Waals surface area contributed by atoms with Crippen LogP contribution in [0.1, 0.15) is 19.8 Å². The van der Waals surface area contributed by atoms with Gasteiger partial charge in [-0.3, -0.25) is 0 Å². The number of nitrogens with one attached hydrogen (secondary N) is 1. The fourth-order valence-corrected chi connectivity index (χ4v) is 1.41. The van der Waals surface area contributed by atoms with Crippen LogP contribution in [0.5, 0.6) is 0 Å². The van der Waals surface area contributed by atoms with Crippen molar-refractivity contribution in [3.05, 3.63) is 0 Å². The first kappa shape index (κ1) is 8.97. The average Bonchev–Trinajstić information content (AvgIpc) is 2.07. The van der Waals surface area contributed by atoms with Crippen LogP contribution in [0.3, 0.4) is 0 Å². The van der Waals surface area contributed by atoms with Gasteiger partial charge in [0.2, 0.25) is 0 Å². The van der Waals surface area contributed by atoms with Crippen LogP contribution in [0, 0.1) is 0 Å². The lowest BCUT2D eigenvalue weighted by atomic mass is 10.1. The molecule has 0 aromatic heterocycles. The smallest absolute Gasteiger partial charge is 0.180 e. The van der Waals surface area contributed by atoms with Gasteiger partial charge in [0.1, 0.15) is 0 Å². The second kappa shape index (κ2) is 4.04. The van der Waals surface area contributed by atoms with Crippen molar-refractivity contribution >= 4 is 0 Å². The lowest BCUT2D eigenvalue weighted by Crippen LogP contribution is -2.50. The van der Waals surface area contributed by atoms with Crippen molar-refractivity contribution in [2.75, 3.05) is 26.8 Å². The Morgan fingerprint density at radius 2 is 2.45 bits per heavy atom. The maximum Gasteiger partial charge on any atom is 0.180 e. The molecule has 1 rings (SSSR count). The van der Waals surface area contributed by atoms with Gasteiger partial charge in [0.05, 0.1) is 6.61 Å². The molecule has 0 aromatic carbocycles. The number of hydrogen-bond acceptors (Lipinski definition) is 3. The molecule has 0 radical (unpaired) electrons. The van der Waals surface area contributed by atoms with Gasteiger partial charge < -0.3 is 14.8 Å². The lowest BCUT2D eigenvalue weighted by Gasteiger charge is -2.36. The predicted molar refractivity (Wildman–Crippen MR) is 43.5 cm³/mol. The first-order valence-corrected chi connectivity index (χ1v) is 4.23. The van der Waals surface area contributed by atoms with E-state index in [-0.39, 0.29) is 5.79 Å². The van der Waals surface area contributed by atoms with Crippen molar-refractivity contribution in [1.82, 2.24) is 5.32 Å². The molecule has 1 heterocycles. The second-order valence-corrected chi connectivity index (χ2v) is 2.89. The maximum atomic E-state index is 5.57. The van der Waals surface area contributed by atoms with Gasteiger partial charge in [-0.25, -0.2) is 0 Å². The Balaban J connectivity index is 2.42. The van der Waals surface area contributed by atoms with E-state index in [2.05, 4.69) is 12.2 Å². The summed E-state index contributed by atoms with van der Waals surface area (Å²) in [5.74, 6) is -0.340. The first-order chi connectivity index (χ1) is 5.33. The third-order valence-electron chi connectivity index (χ3n) is 2.04. The van der Waals surface area contributed by atoms with Gasteiger partial charge in [0.15, 0.2) is 5.79 Å². The van der Waals surface area contributed by atoms with Crippen molar-refractivity contribution in [1.29, 1.82) is 0 Å². The molecule has 1 saturated heterocycles. The molecule has 1 atom stereocenters. The van der Waals surface area contributed by atoms with Crippen molar-refractivity contribution in [2.45, 2.75) is 25.6 Å². The third kappa shape index (κ3) is 2.15.